The molecule has 5 nitrogen and oxygen atoms in total. The van der Waals surface area contributed by atoms with Crippen molar-refractivity contribution in [2.24, 2.45) is 47.3 Å². The number of aliphatic hydroxyl groups is 1. The van der Waals surface area contributed by atoms with Gasteiger partial charge in [-0.25, -0.2) is 9.18 Å². The second kappa shape index (κ2) is 6.15. The first-order valence-corrected chi connectivity index (χ1v) is 12.2. The molecule has 5 saturated carbocycles. The average Bonchev–Trinajstić information content (AvgIpc) is 3.27. The highest BCUT2D eigenvalue weighted by Crippen LogP contribution is 2.85. The molecule has 2 amide bonds. The molecule has 1 heterocycles. The molecule has 166 valence electrons. The second-order valence-corrected chi connectivity index (χ2v) is 11.4. The van der Waals surface area contributed by atoms with Crippen LogP contribution in [0.4, 0.5) is 14.9 Å². The molecule has 1 aromatic rings. The van der Waals surface area contributed by atoms with Crippen LogP contribution in [0.2, 0.25) is 0 Å². The van der Waals surface area contributed by atoms with Gasteiger partial charge in [0.25, 0.3) is 0 Å². The number of carbonyl (C=O) groups excluding carboxylic acids is 1. The number of carbonyl (C=O) groups is 1. The minimum absolute atomic E-state index is 0.0135. The highest BCUT2D eigenvalue weighted by Gasteiger charge is 2.84. The zero-order valence-electron chi connectivity index (χ0n) is 18.1. The number of fused-ring (bicyclic) bond motifs is 2. The maximum Gasteiger partial charge on any atom is 0.315 e. The van der Waals surface area contributed by atoms with Crippen LogP contribution >= 0.6 is 0 Å². The molecule has 2 bridgehead atoms. The third-order valence-electron chi connectivity index (χ3n) is 10.3. The lowest BCUT2D eigenvalue weighted by Gasteiger charge is -2.51. The van der Waals surface area contributed by atoms with Gasteiger partial charge in [0.1, 0.15) is 5.82 Å². The van der Waals surface area contributed by atoms with E-state index in [0.29, 0.717) is 36.5 Å². The number of anilines is 1. The molecule has 0 spiro atoms. The zero-order chi connectivity index (χ0) is 21.1. The van der Waals surface area contributed by atoms with E-state index in [-0.39, 0.29) is 17.9 Å². The fourth-order valence-corrected chi connectivity index (χ4v) is 9.60. The summed E-state index contributed by atoms with van der Waals surface area (Å²) in [6, 6.07) is 4.98. The summed E-state index contributed by atoms with van der Waals surface area (Å²) in [7, 11) is 0. The molecule has 10 atom stereocenters. The van der Waals surface area contributed by atoms with E-state index in [1.54, 1.807) is 6.07 Å². The van der Waals surface area contributed by atoms with Crippen LogP contribution in [0.3, 0.4) is 0 Å². The lowest BCUT2D eigenvalue weighted by molar-refractivity contribution is -0.126. The highest BCUT2D eigenvalue weighted by molar-refractivity contribution is 5.74. The molecule has 3 N–H and O–H groups in total. The molecule has 1 saturated heterocycles. The number of nitrogens with one attached hydrogen (secondary N) is 2. The van der Waals surface area contributed by atoms with E-state index in [1.165, 1.54) is 18.9 Å². The van der Waals surface area contributed by atoms with Crippen molar-refractivity contribution >= 4 is 11.7 Å². The molecule has 5 aliphatic carbocycles. The molecule has 0 radical (unpaired) electrons. The van der Waals surface area contributed by atoms with E-state index < -0.39 is 5.60 Å². The van der Waals surface area contributed by atoms with Crippen molar-refractivity contribution in [2.45, 2.75) is 44.2 Å². The highest BCUT2D eigenvalue weighted by atomic mass is 19.1. The average molecular weight is 426 g/mol. The lowest BCUT2D eigenvalue weighted by Crippen LogP contribution is -2.60. The number of benzene rings is 1. The van der Waals surface area contributed by atoms with Gasteiger partial charge in [0.2, 0.25) is 0 Å². The Balaban J connectivity index is 0.992. The predicted molar refractivity (Wildman–Crippen MR) is 115 cm³/mol. The van der Waals surface area contributed by atoms with Gasteiger partial charge in [-0.05, 0) is 97.6 Å². The molecule has 1 aromatic carbocycles. The maximum atomic E-state index is 14.3. The van der Waals surface area contributed by atoms with Crippen molar-refractivity contribution in [1.29, 1.82) is 0 Å². The minimum Gasteiger partial charge on any atom is -0.387 e. The molecule has 6 heteroatoms. The summed E-state index contributed by atoms with van der Waals surface area (Å²) >= 11 is 0. The smallest absolute Gasteiger partial charge is 0.315 e. The molecule has 10 unspecified atom stereocenters. The Morgan fingerprint density at radius 2 is 2.00 bits per heavy atom. The summed E-state index contributed by atoms with van der Waals surface area (Å²) in [5.41, 5.74) is 0.969. The predicted octanol–water partition coefficient (Wildman–Crippen LogP) is 2.91. The normalized spacial score (nSPS) is 47.7. The third kappa shape index (κ3) is 2.32. The monoisotopic (exact) mass is 425 g/mol. The topological polar surface area (TPSA) is 64.6 Å². The lowest BCUT2D eigenvalue weighted by atomic mass is 9.56. The Labute approximate surface area is 182 Å². The summed E-state index contributed by atoms with van der Waals surface area (Å²) in [6.07, 6.45) is 4.48. The molecule has 31 heavy (non-hydrogen) atoms. The molecule has 6 aliphatic rings. The number of urea groups is 1. The van der Waals surface area contributed by atoms with Crippen molar-refractivity contribution in [1.82, 2.24) is 10.6 Å². The van der Waals surface area contributed by atoms with Crippen LogP contribution < -0.4 is 15.5 Å². The molecular formula is C25H32FN3O2. The summed E-state index contributed by atoms with van der Waals surface area (Å²) < 4.78 is 14.3. The number of hydrogen-bond donors (Lipinski definition) is 3. The van der Waals surface area contributed by atoms with E-state index in [1.807, 2.05) is 17.9 Å². The Kier molecular flexibility index (Phi) is 3.71. The van der Waals surface area contributed by atoms with Crippen LogP contribution in [0.5, 0.6) is 0 Å². The van der Waals surface area contributed by atoms with Gasteiger partial charge in [-0.2, -0.15) is 0 Å². The van der Waals surface area contributed by atoms with Gasteiger partial charge in [-0.1, -0.05) is 6.07 Å². The number of rotatable bonds is 4. The molecule has 6 fully saturated rings. The molecule has 0 aromatic heterocycles. The van der Waals surface area contributed by atoms with Crippen molar-refractivity contribution in [3.05, 3.63) is 29.6 Å². The van der Waals surface area contributed by atoms with Crippen LogP contribution in [0.15, 0.2) is 18.2 Å². The number of aryl methyl sites for hydroxylation is 1. The van der Waals surface area contributed by atoms with E-state index in [9.17, 15) is 14.3 Å². The second-order valence-electron chi connectivity index (χ2n) is 11.4. The van der Waals surface area contributed by atoms with Gasteiger partial charge in [-0.3, -0.25) is 0 Å². The summed E-state index contributed by atoms with van der Waals surface area (Å²) in [5.74, 6) is 5.29. The van der Waals surface area contributed by atoms with E-state index in [0.717, 1.165) is 54.5 Å². The van der Waals surface area contributed by atoms with Gasteiger partial charge in [0, 0.05) is 25.7 Å². The fraction of sp³-hybridized carbons (Fsp3) is 0.720. The van der Waals surface area contributed by atoms with Gasteiger partial charge >= 0.3 is 6.03 Å². The van der Waals surface area contributed by atoms with Crippen molar-refractivity contribution in [3.8, 4) is 0 Å². The Morgan fingerprint density at radius 1 is 1.19 bits per heavy atom. The van der Waals surface area contributed by atoms with Crippen molar-refractivity contribution < 1.29 is 14.3 Å². The summed E-state index contributed by atoms with van der Waals surface area (Å²) in [6.45, 7) is 3.77. The van der Waals surface area contributed by atoms with Gasteiger partial charge in [0.15, 0.2) is 0 Å². The van der Waals surface area contributed by atoms with Crippen LogP contribution in [0.1, 0.15) is 31.2 Å². The van der Waals surface area contributed by atoms with E-state index >= 15 is 0 Å². The Hall–Kier alpha value is -1.82. The quantitative estimate of drug-likeness (QED) is 0.695. The number of nitrogens with zero attached hydrogens (tertiary/aromatic N) is 1. The summed E-state index contributed by atoms with van der Waals surface area (Å²) in [4.78, 5) is 14.8. The van der Waals surface area contributed by atoms with E-state index in [4.69, 9.17) is 0 Å². The van der Waals surface area contributed by atoms with Gasteiger partial charge in [0.05, 0.1) is 11.3 Å². The standard InChI is InChI=1S/C25H32FN3O2/c1-12-4-5-18(26)19(7-12)29-6-2-3-13(10-29)28-24(30)27-11-25(31)22-15-9-16-20-14(15)8-17(22)21(20)23(16)25/h4-5,7,13-17,20-23,31H,2-3,6,8-11H2,1H3,(H2,27,28,30). The number of hydrogen-bond acceptors (Lipinski definition) is 3. The SMILES string of the molecule is Cc1ccc(F)c(N2CCCC(NC(=O)NCC3(O)C4C5CC6C7C5CC4C7C63)C2)c1. The van der Waals surface area contributed by atoms with Crippen LogP contribution in [-0.4, -0.2) is 42.4 Å². The Morgan fingerprint density at radius 3 is 2.87 bits per heavy atom. The maximum absolute atomic E-state index is 14.3. The third-order valence-corrected chi connectivity index (χ3v) is 10.3. The first kappa shape index (κ1) is 18.7. The van der Waals surface area contributed by atoms with Crippen LogP contribution in [0.25, 0.3) is 0 Å². The van der Waals surface area contributed by atoms with E-state index in [2.05, 4.69) is 10.6 Å². The Bertz CT molecular complexity index is 949. The van der Waals surface area contributed by atoms with Crippen molar-refractivity contribution in [3.63, 3.8) is 0 Å². The fourth-order valence-electron chi connectivity index (χ4n) is 9.60. The number of amides is 2. The first-order chi connectivity index (χ1) is 15.0. The minimum atomic E-state index is -0.689. The number of halogens is 1. The molecule has 7 rings (SSSR count). The summed E-state index contributed by atoms with van der Waals surface area (Å²) in [5, 5.41) is 17.8. The first-order valence-electron chi connectivity index (χ1n) is 12.2. The largest absolute Gasteiger partial charge is 0.387 e. The molecular weight excluding hydrogens is 393 g/mol. The van der Waals surface area contributed by atoms with Gasteiger partial charge in [-0.15, -0.1) is 0 Å². The number of piperidine rings is 1. The van der Waals surface area contributed by atoms with Crippen LogP contribution in [-0.2, 0) is 0 Å². The zero-order valence-corrected chi connectivity index (χ0v) is 18.1. The van der Waals surface area contributed by atoms with Crippen LogP contribution in [0, 0.1) is 60.1 Å². The van der Waals surface area contributed by atoms with Crippen molar-refractivity contribution in [2.75, 3.05) is 24.5 Å². The van der Waals surface area contributed by atoms with Gasteiger partial charge < -0.3 is 20.6 Å². The molecule has 1 aliphatic heterocycles.